The first kappa shape index (κ1) is 15.3. The predicted molar refractivity (Wildman–Crippen MR) is 70.0 cm³/mol. The van der Waals surface area contributed by atoms with E-state index in [1.54, 1.807) is 0 Å². The van der Waals surface area contributed by atoms with Crippen molar-refractivity contribution in [3.63, 3.8) is 0 Å². The second-order valence-electron chi connectivity index (χ2n) is 5.41. The van der Waals surface area contributed by atoms with Crippen molar-refractivity contribution in [2.45, 2.75) is 31.1 Å². The van der Waals surface area contributed by atoms with Gasteiger partial charge in [-0.05, 0) is 31.1 Å². The van der Waals surface area contributed by atoms with Crippen LogP contribution in [0.1, 0.15) is 31.2 Å². The SMILES string of the molecule is COC(=O)C1CCC2(CC1)C[N-]c1ccccc12.[Ac]. The minimum absolute atomic E-state index is 0. The molecule has 1 aromatic carbocycles. The first-order valence-electron chi connectivity index (χ1n) is 6.60. The van der Waals surface area contributed by atoms with Crippen molar-refractivity contribution in [2.75, 3.05) is 13.7 Å². The van der Waals surface area contributed by atoms with E-state index in [9.17, 15) is 4.79 Å². The predicted octanol–water partition coefficient (Wildman–Crippen LogP) is 3.31. The average Bonchev–Trinajstić information content (AvgIpc) is 2.78. The van der Waals surface area contributed by atoms with Crippen LogP contribution in [0.4, 0.5) is 5.69 Å². The van der Waals surface area contributed by atoms with Gasteiger partial charge < -0.3 is 10.1 Å². The van der Waals surface area contributed by atoms with E-state index in [0.29, 0.717) is 0 Å². The largest absolute Gasteiger partial charge is 0.683 e. The third kappa shape index (κ3) is 2.72. The molecule has 2 aliphatic rings. The normalized spacial score (nSPS) is 28.2. The molecule has 1 saturated carbocycles. The molecular formula is C15H18AcNO2-. The first-order valence-corrected chi connectivity index (χ1v) is 6.60. The molecule has 1 aliphatic carbocycles. The molecule has 1 heterocycles. The second kappa shape index (κ2) is 6.14. The zero-order valence-corrected chi connectivity index (χ0v) is 16.0. The number of carbonyl (C=O) groups excluding carboxylic acids is 1. The summed E-state index contributed by atoms with van der Waals surface area (Å²) >= 11 is 0. The molecule has 4 heteroatoms. The van der Waals surface area contributed by atoms with E-state index in [2.05, 4.69) is 23.5 Å². The number of fused-ring (bicyclic) bond motifs is 2. The van der Waals surface area contributed by atoms with Crippen molar-refractivity contribution in [3.05, 3.63) is 35.1 Å². The van der Waals surface area contributed by atoms with E-state index in [0.717, 1.165) is 37.9 Å². The number of para-hydroxylation sites is 1. The van der Waals surface area contributed by atoms with Crippen LogP contribution in [0, 0.1) is 50.0 Å². The standard InChI is InChI=1S/C15H18NO2.Ac/c1-18-14(17)11-6-8-15(9-7-11)10-16-13-5-3-2-4-12(13)15;/h2-5,11H,6-10H2,1H3;/q-1;. The maximum Gasteiger partial charge on any atom is 0.308 e. The molecule has 1 fully saturated rings. The summed E-state index contributed by atoms with van der Waals surface area (Å²) in [4.78, 5) is 11.6. The molecule has 1 spiro atoms. The van der Waals surface area contributed by atoms with E-state index < -0.39 is 0 Å². The number of rotatable bonds is 1. The molecule has 99 valence electrons. The summed E-state index contributed by atoms with van der Waals surface area (Å²) in [6.07, 6.45) is 3.95. The monoisotopic (exact) mass is 471 g/mol. The third-order valence-corrected chi connectivity index (χ3v) is 4.50. The zero-order chi connectivity index (χ0) is 12.6. The molecule has 0 N–H and O–H groups in total. The molecule has 1 aliphatic heterocycles. The van der Waals surface area contributed by atoms with E-state index >= 15 is 0 Å². The van der Waals surface area contributed by atoms with Gasteiger partial charge in [0.25, 0.3) is 0 Å². The summed E-state index contributed by atoms with van der Waals surface area (Å²) in [5.74, 6) is 0.0430. The van der Waals surface area contributed by atoms with Gasteiger partial charge in [-0.2, -0.15) is 0 Å². The van der Waals surface area contributed by atoms with E-state index in [1.807, 2.05) is 6.07 Å². The van der Waals surface area contributed by atoms with Crippen LogP contribution in [0.2, 0.25) is 0 Å². The van der Waals surface area contributed by atoms with Gasteiger partial charge in [0, 0.05) is 44.1 Å². The topological polar surface area (TPSA) is 40.4 Å². The van der Waals surface area contributed by atoms with Crippen molar-refractivity contribution in [1.29, 1.82) is 0 Å². The van der Waals surface area contributed by atoms with Gasteiger partial charge >= 0.3 is 5.97 Å². The van der Waals surface area contributed by atoms with Crippen LogP contribution in [0.3, 0.4) is 0 Å². The number of esters is 1. The number of nitrogens with zero attached hydrogens (tertiary/aromatic N) is 1. The zero-order valence-electron chi connectivity index (χ0n) is 11.3. The summed E-state index contributed by atoms with van der Waals surface area (Å²) < 4.78 is 4.85. The smallest absolute Gasteiger partial charge is 0.308 e. The minimum atomic E-state index is -0.0481. The number of hydrogen-bond acceptors (Lipinski definition) is 2. The van der Waals surface area contributed by atoms with Gasteiger partial charge in [0.2, 0.25) is 0 Å². The fraction of sp³-hybridized carbons (Fsp3) is 0.533. The number of carbonyl (C=O) groups is 1. The van der Waals surface area contributed by atoms with Crippen LogP contribution in [0.15, 0.2) is 24.3 Å². The summed E-state index contributed by atoms with van der Waals surface area (Å²) in [5, 5.41) is 4.65. The number of benzene rings is 1. The molecule has 1 radical (unpaired) electrons. The first-order chi connectivity index (χ1) is 8.75. The summed E-state index contributed by atoms with van der Waals surface area (Å²) in [6.45, 7) is 0.889. The number of hydrogen-bond donors (Lipinski definition) is 0. The Labute approximate surface area is 150 Å². The molecule has 3 nitrogen and oxygen atoms in total. The maximum absolute atomic E-state index is 11.6. The molecule has 1 aromatic rings. The molecule has 0 aromatic heterocycles. The van der Waals surface area contributed by atoms with Crippen LogP contribution in [0.5, 0.6) is 0 Å². The van der Waals surface area contributed by atoms with Crippen molar-refractivity contribution in [3.8, 4) is 0 Å². The van der Waals surface area contributed by atoms with Crippen LogP contribution >= 0.6 is 0 Å². The van der Waals surface area contributed by atoms with E-state index in [-0.39, 0.29) is 61.4 Å². The van der Waals surface area contributed by atoms with Gasteiger partial charge in [-0.25, -0.2) is 0 Å². The minimum Gasteiger partial charge on any atom is -0.683 e. The second-order valence-corrected chi connectivity index (χ2v) is 5.41. The van der Waals surface area contributed by atoms with Crippen molar-refractivity contribution in [2.24, 2.45) is 5.92 Å². The van der Waals surface area contributed by atoms with Crippen LogP contribution in [-0.2, 0) is 14.9 Å². The van der Waals surface area contributed by atoms with Gasteiger partial charge in [-0.15, -0.1) is 12.2 Å². The Morgan fingerprint density at radius 2 is 2.00 bits per heavy atom. The van der Waals surface area contributed by atoms with Gasteiger partial charge in [-0.3, -0.25) is 4.79 Å². The average molecular weight is 471 g/mol. The Kier molecular flexibility index (Phi) is 4.95. The van der Waals surface area contributed by atoms with Gasteiger partial charge in [-0.1, -0.05) is 29.8 Å². The van der Waals surface area contributed by atoms with Gasteiger partial charge in [0.15, 0.2) is 0 Å². The Balaban J connectivity index is 0.00000133. The summed E-state index contributed by atoms with van der Waals surface area (Å²) in [7, 11) is 1.48. The van der Waals surface area contributed by atoms with Crippen molar-refractivity contribution < 1.29 is 53.6 Å². The quantitative estimate of drug-likeness (QED) is 0.590. The van der Waals surface area contributed by atoms with Crippen LogP contribution in [-0.4, -0.2) is 19.6 Å². The fourth-order valence-electron chi connectivity index (χ4n) is 3.38. The molecule has 19 heavy (non-hydrogen) atoms. The fourth-order valence-corrected chi connectivity index (χ4v) is 3.38. The molecular weight excluding hydrogens is 453 g/mol. The molecule has 0 unspecified atom stereocenters. The van der Waals surface area contributed by atoms with Crippen LogP contribution in [0.25, 0.3) is 5.32 Å². The molecule has 3 rings (SSSR count). The molecule has 0 amide bonds. The third-order valence-electron chi connectivity index (χ3n) is 4.50. The van der Waals surface area contributed by atoms with E-state index in [1.165, 1.54) is 12.7 Å². The van der Waals surface area contributed by atoms with Gasteiger partial charge in [0.05, 0.1) is 13.0 Å². The maximum atomic E-state index is 11.6. The summed E-state index contributed by atoms with van der Waals surface area (Å²) in [5.41, 5.74) is 2.73. The Morgan fingerprint density at radius 1 is 1.32 bits per heavy atom. The molecule has 0 bridgehead atoms. The van der Waals surface area contributed by atoms with E-state index in [4.69, 9.17) is 4.74 Å². The number of ether oxygens (including phenoxy) is 1. The van der Waals surface area contributed by atoms with Crippen LogP contribution < -0.4 is 0 Å². The molecule has 0 saturated heterocycles. The van der Waals surface area contributed by atoms with Gasteiger partial charge in [0.1, 0.15) is 0 Å². The van der Waals surface area contributed by atoms with Crippen molar-refractivity contribution in [1.82, 2.24) is 0 Å². The summed E-state index contributed by atoms with van der Waals surface area (Å²) in [6, 6.07) is 8.43. The van der Waals surface area contributed by atoms with Crippen molar-refractivity contribution >= 4 is 11.7 Å². The Morgan fingerprint density at radius 3 is 2.68 bits per heavy atom. The Hall–Kier alpha value is -0.0684. The number of methoxy groups -OCH3 is 1. The Bertz CT molecular complexity index is 467. The molecule has 0 atom stereocenters.